The molecule has 9 nitrogen and oxygen atoms in total. The third kappa shape index (κ3) is 28.6. The molecule has 0 aliphatic carbocycles. The highest BCUT2D eigenvalue weighted by molar-refractivity contribution is 7.47. The van der Waals surface area contributed by atoms with E-state index in [2.05, 4.69) is 26.0 Å². The van der Waals surface area contributed by atoms with Crippen molar-refractivity contribution < 1.29 is 37.6 Å². The zero-order chi connectivity index (χ0) is 30.6. The highest BCUT2D eigenvalue weighted by Gasteiger charge is 2.26. The van der Waals surface area contributed by atoms with Crippen molar-refractivity contribution in [3.63, 3.8) is 0 Å². The van der Waals surface area contributed by atoms with E-state index >= 15 is 0 Å². The van der Waals surface area contributed by atoms with Crippen LogP contribution in [0.4, 0.5) is 0 Å². The van der Waals surface area contributed by atoms with Crippen LogP contribution in [0.2, 0.25) is 0 Å². The summed E-state index contributed by atoms with van der Waals surface area (Å²) in [6, 6.07) is 0. The van der Waals surface area contributed by atoms with Crippen LogP contribution in [0.25, 0.3) is 0 Å². The Morgan fingerprint density at radius 3 is 1.90 bits per heavy atom. The lowest BCUT2D eigenvalue weighted by molar-refractivity contribution is -0.161. The molecule has 0 aliphatic heterocycles. The number of carbonyl (C=O) groups excluding carboxylic acids is 2. The van der Waals surface area contributed by atoms with Crippen LogP contribution in [0.1, 0.15) is 129 Å². The summed E-state index contributed by atoms with van der Waals surface area (Å²) in [6.45, 7) is 4.18. The van der Waals surface area contributed by atoms with E-state index in [-0.39, 0.29) is 32.0 Å². The van der Waals surface area contributed by atoms with Gasteiger partial charge in [-0.3, -0.25) is 18.6 Å². The van der Waals surface area contributed by atoms with E-state index in [1.807, 2.05) is 14.1 Å². The van der Waals surface area contributed by atoms with E-state index in [1.54, 1.807) is 4.90 Å². The normalized spacial score (nSPS) is 13.9. The van der Waals surface area contributed by atoms with Gasteiger partial charge in [0.05, 0.1) is 13.2 Å². The molecule has 0 rings (SSSR count). The highest BCUT2D eigenvalue weighted by Crippen LogP contribution is 2.43. The summed E-state index contributed by atoms with van der Waals surface area (Å²) in [5.41, 5.74) is 0. The van der Waals surface area contributed by atoms with Gasteiger partial charge in [-0.05, 0) is 46.2 Å². The molecule has 0 aromatic heterocycles. The summed E-state index contributed by atoms with van der Waals surface area (Å²) in [5.74, 6) is -0.822. The second-order valence-electron chi connectivity index (χ2n) is 11.0. The lowest BCUT2D eigenvalue weighted by Gasteiger charge is -2.20. The Bertz CT molecular complexity index is 716. The lowest BCUT2D eigenvalue weighted by Crippen LogP contribution is -2.29. The summed E-state index contributed by atoms with van der Waals surface area (Å²) >= 11 is 0. The summed E-state index contributed by atoms with van der Waals surface area (Å²) in [6.07, 6.45) is 21.3. The van der Waals surface area contributed by atoms with Gasteiger partial charge < -0.3 is 19.3 Å². The van der Waals surface area contributed by atoms with Gasteiger partial charge in [0.15, 0.2) is 6.10 Å². The van der Waals surface area contributed by atoms with Crippen LogP contribution in [-0.2, 0) is 32.7 Å². The first-order chi connectivity index (χ1) is 19.7. The summed E-state index contributed by atoms with van der Waals surface area (Å²) in [5, 5.41) is 0. The zero-order valence-electron chi connectivity index (χ0n) is 26.5. The van der Waals surface area contributed by atoms with Crippen molar-refractivity contribution in [3.05, 3.63) is 12.2 Å². The number of ether oxygens (including phenoxy) is 2. The summed E-state index contributed by atoms with van der Waals surface area (Å²) < 4.78 is 33.0. The molecular weight excluding hydrogens is 545 g/mol. The van der Waals surface area contributed by atoms with E-state index in [9.17, 15) is 19.0 Å². The van der Waals surface area contributed by atoms with Crippen LogP contribution >= 0.6 is 7.82 Å². The highest BCUT2D eigenvalue weighted by atomic mass is 31.2. The quantitative estimate of drug-likeness (QED) is 0.0396. The van der Waals surface area contributed by atoms with Crippen molar-refractivity contribution in [2.24, 2.45) is 0 Å². The Morgan fingerprint density at radius 1 is 0.732 bits per heavy atom. The predicted molar refractivity (Wildman–Crippen MR) is 165 cm³/mol. The summed E-state index contributed by atoms with van der Waals surface area (Å²) in [4.78, 5) is 36.5. The molecule has 0 heterocycles. The van der Waals surface area contributed by atoms with Gasteiger partial charge in [0.2, 0.25) is 0 Å². The van der Waals surface area contributed by atoms with Gasteiger partial charge in [0.1, 0.15) is 6.61 Å². The molecule has 0 amide bonds. The average Bonchev–Trinajstić information content (AvgIpc) is 2.92. The predicted octanol–water partition coefficient (Wildman–Crippen LogP) is 7.75. The minimum absolute atomic E-state index is 0.00779. The number of carbonyl (C=O) groups is 2. The monoisotopic (exact) mass is 605 g/mol. The Kier molecular flexibility index (Phi) is 26.7. The standard InChI is InChI=1S/C31H60NO8P/c1-5-7-9-11-13-15-16-18-20-22-24-31(34)40-29(28-39-41(35,36)38-26-25-32(3)4)27-37-30(33)23-21-19-17-14-12-10-8-6-2/h9,11,29H,5-8,10,12-28H2,1-4H3,(H,35,36)/b11-9-. The first kappa shape index (κ1) is 39.8. The molecule has 1 N–H and O–H groups in total. The molecule has 0 aliphatic rings. The number of hydrogen-bond donors (Lipinski definition) is 1. The van der Waals surface area contributed by atoms with Gasteiger partial charge >= 0.3 is 19.8 Å². The fourth-order valence-electron chi connectivity index (χ4n) is 4.04. The molecule has 41 heavy (non-hydrogen) atoms. The van der Waals surface area contributed by atoms with Crippen LogP contribution in [0, 0.1) is 0 Å². The second kappa shape index (κ2) is 27.6. The second-order valence-corrected chi connectivity index (χ2v) is 12.4. The van der Waals surface area contributed by atoms with E-state index in [0.29, 0.717) is 13.0 Å². The molecule has 0 aromatic carbocycles. The Morgan fingerprint density at radius 2 is 1.29 bits per heavy atom. The van der Waals surface area contributed by atoms with Crippen LogP contribution in [0.5, 0.6) is 0 Å². The fourth-order valence-corrected chi connectivity index (χ4v) is 4.78. The molecule has 10 heteroatoms. The topological polar surface area (TPSA) is 112 Å². The fraction of sp³-hybridized carbons (Fsp3) is 0.871. The minimum atomic E-state index is -4.34. The Labute approximate surface area is 250 Å². The average molecular weight is 606 g/mol. The van der Waals surface area contributed by atoms with Gasteiger partial charge in [-0.1, -0.05) is 96.6 Å². The van der Waals surface area contributed by atoms with Crippen molar-refractivity contribution in [3.8, 4) is 0 Å². The van der Waals surface area contributed by atoms with Crippen LogP contribution in [0.3, 0.4) is 0 Å². The van der Waals surface area contributed by atoms with Crippen LogP contribution in [-0.4, -0.2) is 68.3 Å². The maximum Gasteiger partial charge on any atom is 0.472 e. The van der Waals surface area contributed by atoms with Crippen LogP contribution < -0.4 is 0 Å². The number of allylic oxidation sites excluding steroid dienone is 2. The van der Waals surface area contributed by atoms with Crippen molar-refractivity contribution in [1.82, 2.24) is 4.90 Å². The van der Waals surface area contributed by atoms with Crippen molar-refractivity contribution >= 4 is 19.8 Å². The molecule has 242 valence electrons. The largest absolute Gasteiger partial charge is 0.472 e. The van der Waals surface area contributed by atoms with E-state index in [4.69, 9.17) is 18.5 Å². The van der Waals surface area contributed by atoms with Crippen molar-refractivity contribution in [2.45, 2.75) is 136 Å². The number of phosphoric acid groups is 1. The smallest absolute Gasteiger partial charge is 0.462 e. The third-order valence-corrected chi connectivity index (χ3v) is 7.54. The number of likely N-dealkylation sites (N-methyl/N-ethyl adjacent to an activating group) is 1. The number of esters is 2. The maximum absolute atomic E-state index is 12.4. The first-order valence-corrected chi connectivity index (χ1v) is 17.5. The molecular formula is C31H60NO8P. The summed E-state index contributed by atoms with van der Waals surface area (Å²) in [7, 11) is -0.708. The maximum atomic E-state index is 12.4. The van der Waals surface area contributed by atoms with Gasteiger partial charge in [-0.2, -0.15) is 0 Å². The third-order valence-electron chi connectivity index (χ3n) is 6.55. The molecule has 2 atom stereocenters. The van der Waals surface area contributed by atoms with Gasteiger partial charge in [0, 0.05) is 19.4 Å². The first-order valence-electron chi connectivity index (χ1n) is 16.0. The molecule has 0 aromatic rings. The Balaban J connectivity index is 4.48. The number of phosphoric ester groups is 1. The Hall–Kier alpha value is -1.25. The van der Waals surface area contributed by atoms with Crippen LogP contribution in [0.15, 0.2) is 12.2 Å². The number of rotatable bonds is 29. The molecule has 0 saturated carbocycles. The van der Waals surface area contributed by atoms with E-state index in [1.165, 1.54) is 38.5 Å². The minimum Gasteiger partial charge on any atom is -0.462 e. The number of hydrogen-bond acceptors (Lipinski definition) is 8. The molecule has 0 fully saturated rings. The van der Waals surface area contributed by atoms with Gasteiger partial charge in [0.25, 0.3) is 0 Å². The molecule has 0 bridgehead atoms. The number of nitrogens with zero attached hydrogens (tertiary/aromatic N) is 1. The van der Waals surface area contributed by atoms with E-state index < -0.39 is 26.5 Å². The molecule has 0 saturated heterocycles. The molecule has 0 radical (unpaired) electrons. The zero-order valence-corrected chi connectivity index (χ0v) is 27.4. The lowest BCUT2D eigenvalue weighted by atomic mass is 10.1. The SMILES string of the molecule is CCC/C=C\CCCCCCCC(=O)OC(COC(=O)CCCCCCCCCC)COP(=O)(O)OCCN(C)C. The van der Waals surface area contributed by atoms with Crippen molar-refractivity contribution in [2.75, 3.05) is 40.5 Å². The van der Waals surface area contributed by atoms with Gasteiger partial charge in [-0.15, -0.1) is 0 Å². The van der Waals surface area contributed by atoms with Crippen molar-refractivity contribution in [1.29, 1.82) is 0 Å². The molecule has 0 spiro atoms. The van der Waals surface area contributed by atoms with E-state index in [0.717, 1.165) is 57.8 Å². The van der Waals surface area contributed by atoms with Gasteiger partial charge in [-0.25, -0.2) is 4.57 Å². The molecule has 2 unspecified atom stereocenters. The number of unbranched alkanes of at least 4 members (excludes halogenated alkanes) is 13.